The SMILES string of the molecule is CCCCCC/C=C\C/C=C\CCCCCCCCCC(=O)OC(COC(=O)CCCCCCCCCCCCCCC)COC(=O)CCCCCCCCCCCCCCCCCCCCC/C=C\CCCCCCCCCC. The molecule has 0 aliphatic heterocycles. The largest absolute Gasteiger partial charge is 0.462 e. The molecule has 0 aliphatic carbocycles. The molecule has 0 aliphatic rings. The minimum absolute atomic E-state index is 0.0698. The fourth-order valence-corrected chi connectivity index (χ4v) is 10.9. The summed E-state index contributed by atoms with van der Waals surface area (Å²) >= 11 is 0. The third-order valence-corrected chi connectivity index (χ3v) is 16.4. The number of unbranched alkanes of at least 4 members (excludes halogenated alkanes) is 50. The van der Waals surface area contributed by atoms with Gasteiger partial charge < -0.3 is 14.2 Å². The van der Waals surface area contributed by atoms with Gasteiger partial charge in [0.05, 0.1) is 0 Å². The summed E-state index contributed by atoms with van der Waals surface area (Å²) < 4.78 is 17.0. The zero-order chi connectivity index (χ0) is 57.8. The topological polar surface area (TPSA) is 78.9 Å². The lowest BCUT2D eigenvalue weighted by Crippen LogP contribution is -2.30. The van der Waals surface area contributed by atoms with Gasteiger partial charge >= 0.3 is 17.9 Å². The lowest BCUT2D eigenvalue weighted by atomic mass is 10.0. The minimum atomic E-state index is -0.774. The molecule has 0 saturated heterocycles. The summed E-state index contributed by atoms with van der Waals surface area (Å²) in [6.45, 7) is 6.69. The lowest BCUT2D eigenvalue weighted by molar-refractivity contribution is -0.167. The van der Waals surface area contributed by atoms with Crippen LogP contribution in [0.25, 0.3) is 0 Å². The van der Waals surface area contributed by atoms with Crippen molar-refractivity contribution in [3.05, 3.63) is 36.5 Å². The highest BCUT2D eigenvalue weighted by atomic mass is 16.6. The van der Waals surface area contributed by atoms with E-state index >= 15 is 0 Å². The Bertz CT molecular complexity index is 1340. The average molecular weight is 1120 g/mol. The predicted octanol–water partition coefficient (Wildman–Crippen LogP) is 24.7. The summed E-state index contributed by atoms with van der Waals surface area (Å²) in [5, 5.41) is 0. The normalized spacial score (nSPS) is 12.2. The number of ether oxygens (including phenoxy) is 3. The summed E-state index contributed by atoms with van der Waals surface area (Å²) in [7, 11) is 0. The Morgan fingerprint density at radius 3 is 0.713 bits per heavy atom. The average Bonchev–Trinajstić information content (AvgIpc) is 3.46. The third kappa shape index (κ3) is 66.4. The quantitative estimate of drug-likeness (QED) is 0.0261. The van der Waals surface area contributed by atoms with Gasteiger partial charge in [-0.3, -0.25) is 14.4 Å². The fourth-order valence-electron chi connectivity index (χ4n) is 10.9. The molecule has 0 bridgehead atoms. The molecule has 0 aromatic heterocycles. The van der Waals surface area contributed by atoms with Crippen molar-refractivity contribution in [3.8, 4) is 0 Å². The molecule has 0 spiro atoms. The maximum Gasteiger partial charge on any atom is 0.306 e. The molecule has 80 heavy (non-hydrogen) atoms. The third-order valence-electron chi connectivity index (χ3n) is 16.4. The van der Waals surface area contributed by atoms with E-state index in [-0.39, 0.29) is 31.1 Å². The van der Waals surface area contributed by atoms with Gasteiger partial charge in [0.1, 0.15) is 13.2 Å². The molecule has 1 unspecified atom stereocenters. The van der Waals surface area contributed by atoms with Crippen LogP contribution in [0.2, 0.25) is 0 Å². The van der Waals surface area contributed by atoms with E-state index in [1.54, 1.807) is 0 Å². The molecule has 0 fully saturated rings. The zero-order valence-corrected chi connectivity index (χ0v) is 54.1. The zero-order valence-electron chi connectivity index (χ0n) is 54.1. The number of carbonyl (C=O) groups excluding carboxylic acids is 3. The monoisotopic (exact) mass is 1120 g/mol. The van der Waals surface area contributed by atoms with Crippen LogP contribution in [0.15, 0.2) is 36.5 Å². The second-order valence-corrected chi connectivity index (χ2v) is 24.5. The number of carbonyl (C=O) groups is 3. The number of hydrogen-bond donors (Lipinski definition) is 0. The van der Waals surface area contributed by atoms with Crippen LogP contribution < -0.4 is 0 Å². The molecule has 6 heteroatoms. The molecule has 0 saturated carbocycles. The molecule has 0 aromatic carbocycles. The Morgan fingerprint density at radius 2 is 0.450 bits per heavy atom. The number of hydrogen-bond acceptors (Lipinski definition) is 6. The Morgan fingerprint density at radius 1 is 0.250 bits per heavy atom. The van der Waals surface area contributed by atoms with E-state index in [0.29, 0.717) is 19.3 Å². The molecule has 0 aromatic rings. The molecule has 0 amide bonds. The van der Waals surface area contributed by atoms with E-state index in [1.165, 1.54) is 289 Å². The first-order valence-corrected chi connectivity index (χ1v) is 36.0. The summed E-state index contributed by atoms with van der Waals surface area (Å²) in [6, 6.07) is 0. The standard InChI is InChI=1S/C74H138O6/c1-4-7-10-13-16-19-22-25-27-29-31-32-33-34-35-36-37-38-39-40-41-42-43-45-46-49-52-55-58-61-64-67-73(76)79-70-71(69-78-72(75)66-63-60-57-54-51-48-24-21-18-15-12-9-6-3)80-74(77)68-65-62-59-56-53-50-47-44-30-28-26-23-20-17-14-11-8-5-2/h20,23,28-31,71H,4-19,21-22,24-27,32-70H2,1-3H3/b23-20-,30-28-,31-29-. The van der Waals surface area contributed by atoms with Gasteiger partial charge in [-0.15, -0.1) is 0 Å². The van der Waals surface area contributed by atoms with Crippen molar-refractivity contribution in [2.45, 2.75) is 406 Å². The molecule has 6 nitrogen and oxygen atoms in total. The Balaban J connectivity index is 4.15. The van der Waals surface area contributed by atoms with Gasteiger partial charge in [0.2, 0.25) is 0 Å². The highest BCUT2D eigenvalue weighted by Crippen LogP contribution is 2.18. The van der Waals surface area contributed by atoms with E-state index in [9.17, 15) is 14.4 Å². The van der Waals surface area contributed by atoms with Crippen LogP contribution in [0.3, 0.4) is 0 Å². The van der Waals surface area contributed by atoms with Gasteiger partial charge in [0, 0.05) is 19.3 Å². The maximum absolute atomic E-state index is 12.9. The smallest absolute Gasteiger partial charge is 0.306 e. The molecule has 0 heterocycles. The van der Waals surface area contributed by atoms with Crippen molar-refractivity contribution in [1.29, 1.82) is 0 Å². The van der Waals surface area contributed by atoms with Crippen LogP contribution in [0.5, 0.6) is 0 Å². The molecule has 470 valence electrons. The van der Waals surface area contributed by atoms with Crippen molar-refractivity contribution in [1.82, 2.24) is 0 Å². The minimum Gasteiger partial charge on any atom is -0.462 e. The Kier molecular flexibility index (Phi) is 67.1. The van der Waals surface area contributed by atoms with Gasteiger partial charge in [-0.1, -0.05) is 340 Å². The first-order chi connectivity index (χ1) is 39.5. The van der Waals surface area contributed by atoms with Crippen LogP contribution >= 0.6 is 0 Å². The van der Waals surface area contributed by atoms with Crippen LogP contribution in [0.4, 0.5) is 0 Å². The highest BCUT2D eigenvalue weighted by Gasteiger charge is 2.19. The predicted molar refractivity (Wildman–Crippen MR) is 349 cm³/mol. The van der Waals surface area contributed by atoms with E-state index in [4.69, 9.17) is 14.2 Å². The molecule has 0 rings (SSSR count). The maximum atomic E-state index is 12.9. The first kappa shape index (κ1) is 77.6. The van der Waals surface area contributed by atoms with Crippen molar-refractivity contribution in [3.63, 3.8) is 0 Å². The molecule has 0 radical (unpaired) electrons. The molecular formula is C74H138O6. The second-order valence-electron chi connectivity index (χ2n) is 24.5. The summed E-state index contributed by atoms with van der Waals surface area (Å²) in [5.74, 6) is -0.849. The molecule has 0 N–H and O–H groups in total. The van der Waals surface area contributed by atoms with Crippen molar-refractivity contribution in [2.24, 2.45) is 0 Å². The van der Waals surface area contributed by atoms with Crippen LogP contribution in [-0.2, 0) is 28.6 Å². The highest BCUT2D eigenvalue weighted by molar-refractivity contribution is 5.71. The van der Waals surface area contributed by atoms with E-state index in [2.05, 4.69) is 57.2 Å². The van der Waals surface area contributed by atoms with E-state index in [1.807, 2.05) is 0 Å². The van der Waals surface area contributed by atoms with Gasteiger partial charge in [-0.05, 0) is 77.0 Å². The Hall–Kier alpha value is -2.37. The van der Waals surface area contributed by atoms with Crippen LogP contribution in [0.1, 0.15) is 400 Å². The molecule has 1 atom stereocenters. The summed E-state index contributed by atoms with van der Waals surface area (Å²) in [6.07, 6.45) is 86.1. The van der Waals surface area contributed by atoms with Gasteiger partial charge in [0.15, 0.2) is 6.10 Å². The fraction of sp³-hybridized carbons (Fsp3) is 0.878. The number of rotatable bonds is 67. The van der Waals surface area contributed by atoms with Gasteiger partial charge in [-0.2, -0.15) is 0 Å². The molecular weight excluding hydrogens is 985 g/mol. The van der Waals surface area contributed by atoms with Crippen molar-refractivity contribution < 1.29 is 28.6 Å². The number of allylic oxidation sites excluding steroid dienone is 6. The van der Waals surface area contributed by atoms with Gasteiger partial charge in [-0.25, -0.2) is 0 Å². The van der Waals surface area contributed by atoms with Crippen LogP contribution in [0, 0.1) is 0 Å². The summed E-state index contributed by atoms with van der Waals surface area (Å²) in [5.41, 5.74) is 0. The van der Waals surface area contributed by atoms with E-state index in [0.717, 1.165) is 70.6 Å². The lowest BCUT2D eigenvalue weighted by Gasteiger charge is -2.18. The van der Waals surface area contributed by atoms with E-state index < -0.39 is 6.10 Å². The second kappa shape index (κ2) is 69.1. The van der Waals surface area contributed by atoms with Gasteiger partial charge in [0.25, 0.3) is 0 Å². The van der Waals surface area contributed by atoms with Crippen molar-refractivity contribution >= 4 is 17.9 Å². The summed E-state index contributed by atoms with van der Waals surface area (Å²) in [4.78, 5) is 38.4. The first-order valence-electron chi connectivity index (χ1n) is 36.0. The Labute approximate surface area is 499 Å². The van der Waals surface area contributed by atoms with Crippen molar-refractivity contribution in [2.75, 3.05) is 13.2 Å². The number of esters is 3. The van der Waals surface area contributed by atoms with Crippen LogP contribution in [-0.4, -0.2) is 37.2 Å².